The van der Waals surface area contributed by atoms with Crippen molar-refractivity contribution in [2.24, 2.45) is 0 Å². The predicted molar refractivity (Wildman–Crippen MR) is 65.5 cm³/mol. The number of aromatic nitrogens is 3. The van der Waals surface area contributed by atoms with E-state index in [4.69, 9.17) is 11.6 Å². The Bertz CT molecular complexity index is 626. The molecule has 0 fully saturated rings. The number of nitrogens with zero attached hydrogens (tertiary/aromatic N) is 3. The van der Waals surface area contributed by atoms with Gasteiger partial charge in [0, 0.05) is 18.6 Å². The molecule has 2 rings (SSSR count). The molecule has 0 aliphatic rings. The van der Waals surface area contributed by atoms with Crippen molar-refractivity contribution in [3.05, 3.63) is 41.6 Å². The summed E-state index contributed by atoms with van der Waals surface area (Å²) >= 11 is 5.70. The van der Waals surface area contributed by atoms with Crippen LogP contribution in [-0.4, -0.2) is 26.6 Å². The van der Waals surface area contributed by atoms with Gasteiger partial charge in [-0.2, -0.15) is 13.2 Å². The summed E-state index contributed by atoms with van der Waals surface area (Å²) in [5, 5.41) is 2.26. The number of nitrogens with one attached hydrogen (secondary N) is 1. The lowest BCUT2D eigenvalue weighted by molar-refractivity contribution is -0.140. The number of halogens is 4. The van der Waals surface area contributed by atoms with Gasteiger partial charge >= 0.3 is 6.18 Å². The third kappa shape index (κ3) is 3.47. The Balaban J connectivity index is 2.19. The van der Waals surface area contributed by atoms with Crippen LogP contribution in [0, 0.1) is 0 Å². The summed E-state index contributed by atoms with van der Waals surface area (Å²) in [5.74, 6) is -0.763. The Morgan fingerprint density at radius 3 is 2.70 bits per heavy atom. The Hall–Kier alpha value is -2.09. The Kier molecular flexibility index (Phi) is 3.93. The fraction of sp³-hybridized carbons (Fsp3) is 0.182. The number of amides is 1. The monoisotopic (exact) mass is 304 g/mol. The average Bonchev–Trinajstić information content (AvgIpc) is 2.77. The van der Waals surface area contributed by atoms with Crippen LogP contribution in [0.3, 0.4) is 0 Å². The van der Waals surface area contributed by atoms with Crippen molar-refractivity contribution in [1.29, 1.82) is 0 Å². The number of hydrogen-bond acceptors (Lipinski definition) is 3. The summed E-state index contributed by atoms with van der Waals surface area (Å²) in [6, 6.07) is 2.62. The van der Waals surface area contributed by atoms with Crippen molar-refractivity contribution in [1.82, 2.24) is 14.5 Å². The zero-order chi connectivity index (χ0) is 14.8. The van der Waals surface area contributed by atoms with Gasteiger partial charge in [-0.15, -0.1) is 0 Å². The standard InChI is InChI=1S/C11H8ClF3N4O/c12-8-9(17-4-3-16-8)18-10(20)7-2-1-5-19(7)6-11(13,14)15/h1-5H,6H2,(H,17,18,20). The number of hydrogen-bond donors (Lipinski definition) is 1. The largest absolute Gasteiger partial charge is 0.406 e. The van der Waals surface area contributed by atoms with E-state index in [1.165, 1.54) is 30.7 Å². The normalized spacial score (nSPS) is 11.4. The maximum absolute atomic E-state index is 12.4. The van der Waals surface area contributed by atoms with Crippen molar-refractivity contribution in [2.45, 2.75) is 12.7 Å². The first-order valence-electron chi connectivity index (χ1n) is 5.36. The maximum Gasteiger partial charge on any atom is 0.406 e. The van der Waals surface area contributed by atoms with Gasteiger partial charge < -0.3 is 9.88 Å². The third-order valence-electron chi connectivity index (χ3n) is 2.30. The van der Waals surface area contributed by atoms with Gasteiger partial charge in [0.15, 0.2) is 11.0 Å². The van der Waals surface area contributed by atoms with E-state index in [0.717, 1.165) is 4.57 Å². The van der Waals surface area contributed by atoms with E-state index < -0.39 is 18.6 Å². The first-order valence-corrected chi connectivity index (χ1v) is 5.74. The second kappa shape index (κ2) is 5.49. The van der Waals surface area contributed by atoms with Crippen molar-refractivity contribution in [3.63, 3.8) is 0 Å². The lowest BCUT2D eigenvalue weighted by atomic mass is 10.4. The fourth-order valence-electron chi connectivity index (χ4n) is 1.53. The molecular weight excluding hydrogens is 297 g/mol. The molecule has 106 valence electrons. The summed E-state index contributed by atoms with van der Waals surface area (Å²) in [6.07, 6.45) is -0.625. The molecule has 0 atom stereocenters. The first kappa shape index (κ1) is 14.3. The second-order valence-corrected chi connectivity index (χ2v) is 4.14. The SMILES string of the molecule is O=C(Nc1nccnc1Cl)c1cccn1CC(F)(F)F. The highest BCUT2D eigenvalue weighted by atomic mass is 35.5. The van der Waals surface area contributed by atoms with Crippen molar-refractivity contribution in [2.75, 3.05) is 5.32 Å². The fourth-order valence-corrected chi connectivity index (χ4v) is 1.68. The third-order valence-corrected chi connectivity index (χ3v) is 2.57. The Labute approximate surface area is 116 Å². The van der Waals surface area contributed by atoms with E-state index in [1.807, 2.05) is 0 Å². The number of anilines is 1. The predicted octanol–water partition coefficient (Wildman–Crippen LogP) is 2.75. The highest BCUT2D eigenvalue weighted by Crippen LogP contribution is 2.20. The van der Waals surface area contributed by atoms with E-state index in [-0.39, 0.29) is 16.7 Å². The average molecular weight is 305 g/mol. The second-order valence-electron chi connectivity index (χ2n) is 3.79. The van der Waals surface area contributed by atoms with E-state index in [0.29, 0.717) is 0 Å². The molecule has 0 radical (unpaired) electrons. The lowest BCUT2D eigenvalue weighted by Crippen LogP contribution is -2.23. The van der Waals surface area contributed by atoms with Gasteiger partial charge in [0.25, 0.3) is 5.91 Å². The number of alkyl halides is 3. The quantitative estimate of drug-likeness (QED) is 0.948. The summed E-state index contributed by atoms with van der Waals surface area (Å²) in [6.45, 7) is -1.25. The summed E-state index contributed by atoms with van der Waals surface area (Å²) in [4.78, 5) is 19.4. The van der Waals surface area contributed by atoms with Crippen LogP contribution < -0.4 is 5.32 Å². The zero-order valence-corrected chi connectivity index (χ0v) is 10.6. The van der Waals surface area contributed by atoms with Gasteiger partial charge in [0.05, 0.1) is 0 Å². The number of carbonyl (C=O) groups is 1. The van der Waals surface area contributed by atoms with Crippen LogP contribution >= 0.6 is 11.6 Å². The van der Waals surface area contributed by atoms with Gasteiger partial charge in [-0.3, -0.25) is 4.79 Å². The molecule has 0 aliphatic carbocycles. The molecule has 0 aliphatic heterocycles. The van der Waals surface area contributed by atoms with E-state index >= 15 is 0 Å². The van der Waals surface area contributed by atoms with E-state index in [1.54, 1.807) is 0 Å². The lowest BCUT2D eigenvalue weighted by Gasteiger charge is -2.11. The highest BCUT2D eigenvalue weighted by molar-refractivity contribution is 6.32. The minimum absolute atomic E-state index is 0.0149. The van der Waals surface area contributed by atoms with Crippen molar-refractivity contribution >= 4 is 23.3 Å². The van der Waals surface area contributed by atoms with Gasteiger partial charge in [0.1, 0.15) is 12.2 Å². The maximum atomic E-state index is 12.4. The van der Waals surface area contributed by atoms with Gasteiger partial charge in [-0.05, 0) is 12.1 Å². The molecule has 0 bridgehead atoms. The van der Waals surface area contributed by atoms with Crippen molar-refractivity contribution < 1.29 is 18.0 Å². The van der Waals surface area contributed by atoms with E-state index in [2.05, 4.69) is 15.3 Å². The van der Waals surface area contributed by atoms with Gasteiger partial charge in [0.2, 0.25) is 0 Å². The molecule has 2 aromatic rings. The van der Waals surface area contributed by atoms with Crippen LogP contribution in [-0.2, 0) is 6.54 Å². The molecule has 0 spiro atoms. The van der Waals surface area contributed by atoms with Crippen molar-refractivity contribution in [3.8, 4) is 0 Å². The van der Waals surface area contributed by atoms with Crippen LogP contribution in [0.15, 0.2) is 30.7 Å². The van der Waals surface area contributed by atoms with Crippen LogP contribution in [0.25, 0.3) is 0 Å². The van der Waals surface area contributed by atoms with Gasteiger partial charge in [-0.25, -0.2) is 9.97 Å². The molecule has 1 amide bonds. The molecule has 0 saturated heterocycles. The zero-order valence-electron chi connectivity index (χ0n) is 9.86. The van der Waals surface area contributed by atoms with Crippen LogP contribution in [0.5, 0.6) is 0 Å². The smallest absolute Gasteiger partial charge is 0.334 e. The number of rotatable bonds is 3. The van der Waals surface area contributed by atoms with Crippen LogP contribution in [0.4, 0.5) is 19.0 Å². The summed E-state index contributed by atoms with van der Waals surface area (Å²) in [7, 11) is 0. The minimum Gasteiger partial charge on any atom is -0.334 e. The molecule has 0 saturated carbocycles. The number of carbonyl (C=O) groups excluding carboxylic acids is 1. The molecule has 0 aromatic carbocycles. The Morgan fingerprint density at radius 2 is 2.05 bits per heavy atom. The molecule has 0 unspecified atom stereocenters. The van der Waals surface area contributed by atoms with Gasteiger partial charge in [-0.1, -0.05) is 11.6 Å². The van der Waals surface area contributed by atoms with E-state index in [9.17, 15) is 18.0 Å². The first-order chi connectivity index (χ1) is 9.37. The molecular formula is C11H8ClF3N4O. The molecule has 2 aromatic heterocycles. The van der Waals surface area contributed by atoms with Crippen LogP contribution in [0.1, 0.15) is 10.5 Å². The summed E-state index contributed by atoms with van der Waals surface area (Å²) < 4.78 is 37.9. The molecule has 20 heavy (non-hydrogen) atoms. The molecule has 1 N–H and O–H groups in total. The highest BCUT2D eigenvalue weighted by Gasteiger charge is 2.29. The molecule has 9 heteroatoms. The molecule has 2 heterocycles. The molecule has 5 nitrogen and oxygen atoms in total. The van der Waals surface area contributed by atoms with Crippen LogP contribution in [0.2, 0.25) is 5.15 Å². The minimum atomic E-state index is -4.42. The summed E-state index contributed by atoms with van der Waals surface area (Å²) in [5.41, 5.74) is -0.149. The topological polar surface area (TPSA) is 59.8 Å². The Morgan fingerprint density at radius 1 is 1.35 bits per heavy atom.